The minimum atomic E-state index is -0.570. The number of nitrogens with zero attached hydrogens (tertiary/aromatic N) is 3. The van der Waals surface area contributed by atoms with Gasteiger partial charge in [-0.25, -0.2) is 4.98 Å². The molecule has 4 heterocycles. The third-order valence-electron chi connectivity index (χ3n) is 6.53. The van der Waals surface area contributed by atoms with Crippen molar-refractivity contribution in [2.24, 2.45) is 0 Å². The maximum absolute atomic E-state index is 13.3. The number of aromatic amines is 1. The Morgan fingerprint density at radius 1 is 1.19 bits per heavy atom. The molecule has 1 aliphatic heterocycles. The first-order chi connectivity index (χ1) is 18.1. The van der Waals surface area contributed by atoms with E-state index in [1.807, 2.05) is 42.5 Å². The first-order valence-corrected chi connectivity index (χ1v) is 12.2. The van der Waals surface area contributed by atoms with Gasteiger partial charge in [-0.05, 0) is 47.7 Å². The van der Waals surface area contributed by atoms with Crippen LogP contribution in [0.2, 0.25) is 0 Å². The van der Waals surface area contributed by atoms with E-state index < -0.39 is 6.04 Å². The highest BCUT2D eigenvalue weighted by molar-refractivity contribution is 5.82. The summed E-state index contributed by atoms with van der Waals surface area (Å²) in [7, 11) is 0. The van der Waals surface area contributed by atoms with Crippen LogP contribution >= 0.6 is 0 Å². The summed E-state index contributed by atoms with van der Waals surface area (Å²) in [5.74, 6) is 0.0380. The number of carbonyl (C=O) groups is 1. The SMILES string of the molecule is C=C/C=C(\C=C)c1cccc(CNc2ncc3n(c2=O)C(C(=O)NCc2cc4cnccc4[nH]2)CC3)c1. The van der Waals surface area contributed by atoms with Gasteiger partial charge in [0.25, 0.3) is 5.56 Å². The van der Waals surface area contributed by atoms with Crippen LogP contribution in [0.5, 0.6) is 0 Å². The fraction of sp³-hybridized carbons (Fsp3) is 0.172. The van der Waals surface area contributed by atoms with Crippen molar-refractivity contribution in [1.82, 2.24) is 24.8 Å². The predicted octanol–water partition coefficient (Wildman–Crippen LogP) is 4.29. The Labute approximate surface area is 214 Å². The van der Waals surface area contributed by atoms with Crippen LogP contribution in [0.3, 0.4) is 0 Å². The second-order valence-corrected chi connectivity index (χ2v) is 8.92. The van der Waals surface area contributed by atoms with Gasteiger partial charge in [0.15, 0.2) is 5.82 Å². The van der Waals surface area contributed by atoms with Crippen LogP contribution in [0.15, 0.2) is 91.2 Å². The van der Waals surface area contributed by atoms with E-state index in [4.69, 9.17) is 0 Å². The van der Waals surface area contributed by atoms with Gasteiger partial charge in [0.05, 0.1) is 6.54 Å². The van der Waals surface area contributed by atoms with E-state index in [9.17, 15) is 9.59 Å². The summed E-state index contributed by atoms with van der Waals surface area (Å²) in [6.45, 7) is 8.37. The second kappa shape index (κ2) is 10.5. The van der Waals surface area contributed by atoms with Crippen molar-refractivity contribution >= 4 is 28.2 Å². The van der Waals surface area contributed by atoms with Gasteiger partial charge in [-0.2, -0.15) is 0 Å². The van der Waals surface area contributed by atoms with E-state index in [1.165, 1.54) is 0 Å². The van der Waals surface area contributed by atoms with Crippen molar-refractivity contribution in [2.45, 2.75) is 32.0 Å². The van der Waals surface area contributed by atoms with Crippen LogP contribution in [0.4, 0.5) is 5.82 Å². The summed E-state index contributed by atoms with van der Waals surface area (Å²) in [6, 6.07) is 11.3. The molecule has 1 amide bonds. The van der Waals surface area contributed by atoms with Crippen LogP contribution in [0, 0.1) is 0 Å². The van der Waals surface area contributed by atoms with Crippen molar-refractivity contribution in [3.63, 3.8) is 0 Å². The Bertz CT molecular complexity index is 1550. The Balaban J connectivity index is 1.29. The average molecular weight is 493 g/mol. The molecular formula is C29H28N6O2. The van der Waals surface area contributed by atoms with Crippen molar-refractivity contribution < 1.29 is 4.79 Å². The van der Waals surface area contributed by atoms with E-state index in [-0.39, 0.29) is 17.3 Å². The molecule has 0 spiro atoms. The fourth-order valence-electron chi connectivity index (χ4n) is 4.69. The molecule has 0 fully saturated rings. The van der Waals surface area contributed by atoms with Crippen molar-refractivity contribution in [1.29, 1.82) is 0 Å². The molecule has 37 heavy (non-hydrogen) atoms. The Morgan fingerprint density at radius 3 is 2.89 bits per heavy atom. The lowest BCUT2D eigenvalue weighted by atomic mass is 10.0. The predicted molar refractivity (Wildman–Crippen MR) is 146 cm³/mol. The molecule has 1 aromatic carbocycles. The zero-order chi connectivity index (χ0) is 25.8. The minimum Gasteiger partial charge on any atom is -0.361 e. The molecule has 3 N–H and O–H groups in total. The summed E-state index contributed by atoms with van der Waals surface area (Å²) in [5, 5.41) is 7.11. The van der Waals surface area contributed by atoms with Crippen molar-refractivity contribution in [3.05, 3.63) is 119 Å². The monoisotopic (exact) mass is 492 g/mol. The van der Waals surface area contributed by atoms with E-state index >= 15 is 0 Å². The molecule has 5 rings (SSSR count). The van der Waals surface area contributed by atoms with Gasteiger partial charge in [-0.1, -0.05) is 49.6 Å². The van der Waals surface area contributed by atoms with Gasteiger partial charge < -0.3 is 15.6 Å². The third kappa shape index (κ3) is 4.99. The largest absolute Gasteiger partial charge is 0.361 e. The maximum Gasteiger partial charge on any atom is 0.294 e. The van der Waals surface area contributed by atoms with Gasteiger partial charge in [0.1, 0.15) is 6.04 Å². The van der Waals surface area contributed by atoms with E-state index in [1.54, 1.807) is 35.3 Å². The number of H-pyrrole nitrogens is 1. The van der Waals surface area contributed by atoms with Crippen LogP contribution in [0.1, 0.15) is 35.0 Å². The van der Waals surface area contributed by atoms with Crippen LogP contribution in [-0.4, -0.2) is 25.4 Å². The minimum absolute atomic E-state index is 0.187. The number of allylic oxidation sites excluding steroid dienone is 4. The molecule has 0 saturated carbocycles. The molecule has 1 atom stereocenters. The number of nitrogens with one attached hydrogen (secondary N) is 3. The quantitative estimate of drug-likeness (QED) is 0.302. The van der Waals surface area contributed by atoms with Gasteiger partial charge >= 0.3 is 0 Å². The topological polar surface area (TPSA) is 105 Å². The lowest BCUT2D eigenvalue weighted by Crippen LogP contribution is -2.36. The number of pyridine rings is 1. The lowest BCUT2D eigenvalue weighted by Gasteiger charge is -2.16. The number of aromatic nitrogens is 4. The average Bonchev–Trinajstić information content (AvgIpc) is 3.55. The van der Waals surface area contributed by atoms with Gasteiger partial charge in [0.2, 0.25) is 5.91 Å². The maximum atomic E-state index is 13.3. The molecule has 8 heteroatoms. The van der Waals surface area contributed by atoms with E-state index in [2.05, 4.69) is 38.7 Å². The zero-order valence-electron chi connectivity index (χ0n) is 20.4. The number of aryl methyl sites for hydroxylation is 1. The molecule has 4 aromatic rings. The summed E-state index contributed by atoms with van der Waals surface area (Å²) in [5.41, 5.74) is 5.28. The smallest absolute Gasteiger partial charge is 0.294 e. The summed E-state index contributed by atoms with van der Waals surface area (Å²) >= 11 is 0. The van der Waals surface area contributed by atoms with Crippen LogP contribution in [-0.2, 0) is 24.3 Å². The summed E-state index contributed by atoms with van der Waals surface area (Å²) in [4.78, 5) is 38.1. The molecule has 0 bridgehead atoms. The van der Waals surface area contributed by atoms with Crippen LogP contribution in [0.25, 0.3) is 16.5 Å². The summed E-state index contributed by atoms with van der Waals surface area (Å²) < 4.78 is 1.57. The number of rotatable bonds is 9. The molecule has 0 radical (unpaired) electrons. The number of amides is 1. The Hall–Kier alpha value is -4.72. The number of anilines is 1. The molecule has 0 aliphatic carbocycles. The molecule has 0 saturated heterocycles. The standard InChI is InChI=1S/C29H28N6O2/c1-3-6-20(4-2)21-8-5-7-19(13-21)15-31-27-29(37)35-24(18-32-27)9-10-26(35)28(36)33-17-23-14-22-16-30-12-11-25(22)34-23/h3-8,11-14,16,18,26,34H,1-2,9-10,15,17H2,(H,31,32)(H,33,36)/b20-6+. The van der Waals surface area contributed by atoms with Crippen molar-refractivity contribution in [2.75, 3.05) is 5.32 Å². The lowest BCUT2D eigenvalue weighted by molar-refractivity contribution is -0.124. The number of carbonyl (C=O) groups excluding carboxylic acids is 1. The van der Waals surface area contributed by atoms with Gasteiger partial charge in [0, 0.05) is 47.4 Å². The third-order valence-corrected chi connectivity index (χ3v) is 6.53. The molecule has 3 aromatic heterocycles. The first kappa shape index (κ1) is 24.0. The highest BCUT2D eigenvalue weighted by Gasteiger charge is 2.30. The molecule has 186 valence electrons. The Kier molecular flexibility index (Phi) is 6.81. The Morgan fingerprint density at radius 2 is 2.08 bits per heavy atom. The summed E-state index contributed by atoms with van der Waals surface area (Å²) in [6.07, 6.45) is 11.8. The first-order valence-electron chi connectivity index (χ1n) is 12.2. The van der Waals surface area contributed by atoms with Crippen molar-refractivity contribution in [3.8, 4) is 0 Å². The number of hydrogen-bond acceptors (Lipinski definition) is 5. The number of benzene rings is 1. The molecule has 1 aliphatic rings. The zero-order valence-corrected chi connectivity index (χ0v) is 20.4. The highest BCUT2D eigenvalue weighted by Crippen LogP contribution is 2.24. The normalized spacial score (nSPS) is 14.8. The van der Waals surface area contributed by atoms with Gasteiger partial charge in [-0.15, -0.1) is 0 Å². The molecule has 1 unspecified atom stereocenters. The van der Waals surface area contributed by atoms with E-state index in [0.29, 0.717) is 25.9 Å². The molecular weight excluding hydrogens is 464 g/mol. The van der Waals surface area contributed by atoms with Gasteiger partial charge in [-0.3, -0.25) is 19.1 Å². The highest BCUT2D eigenvalue weighted by atomic mass is 16.2. The van der Waals surface area contributed by atoms with E-state index in [0.717, 1.165) is 39.0 Å². The van der Waals surface area contributed by atoms with Crippen LogP contribution < -0.4 is 16.2 Å². The second-order valence-electron chi connectivity index (χ2n) is 8.92. The number of fused-ring (bicyclic) bond motifs is 2. The fourth-order valence-corrected chi connectivity index (χ4v) is 4.69. The number of hydrogen-bond donors (Lipinski definition) is 3. The molecule has 8 nitrogen and oxygen atoms in total.